The summed E-state index contributed by atoms with van der Waals surface area (Å²) in [6.45, 7) is 1.97. The van der Waals surface area contributed by atoms with Crippen molar-refractivity contribution in [1.82, 2.24) is 0 Å². The minimum Gasteiger partial charge on any atom is -0.385 e. The summed E-state index contributed by atoms with van der Waals surface area (Å²) in [6, 6.07) is 4.80. The van der Waals surface area contributed by atoms with E-state index in [0.29, 0.717) is 32.1 Å². The van der Waals surface area contributed by atoms with Crippen LogP contribution in [0.2, 0.25) is 0 Å². The molecule has 4 nitrogen and oxygen atoms in total. The summed E-state index contributed by atoms with van der Waals surface area (Å²) in [6.07, 6.45) is -3.67. The second kappa shape index (κ2) is 8.49. The molecule has 21 heavy (non-hydrogen) atoms. The van der Waals surface area contributed by atoms with Gasteiger partial charge >= 0.3 is 6.18 Å². The van der Waals surface area contributed by atoms with E-state index in [2.05, 4.69) is 5.32 Å². The van der Waals surface area contributed by atoms with Crippen molar-refractivity contribution in [3.8, 4) is 6.07 Å². The van der Waals surface area contributed by atoms with Crippen molar-refractivity contribution in [1.29, 1.82) is 5.26 Å². The van der Waals surface area contributed by atoms with Gasteiger partial charge in [-0.1, -0.05) is 0 Å². The van der Waals surface area contributed by atoms with Gasteiger partial charge in [0, 0.05) is 26.9 Å². The first-order valence-electron chi connectivity index (χ1n) is 6.41. The van der Waals surface area contributed by atoms with Gasteiger partial charge in [0.05, 0.1) is 23.4 Å². The highest BCUT2D eigenvalue weighted by molar-refractivity contribution is 5.58. The van der Waals surface area contributed by atoms with Gasteiger partial charge in [0.25, 0.3) is 0 Å². The van der Waals surface area contributed by atoms with Crippen LogP contribution in [0.4, 0.5) is 18.9 Å². The van der Waals surface area contributed by atoms with Crippen LogP contribution in [0.15, 0.2) is 18.2 Å². The van der Waals surface area contributed by atoms with Crippen LogP contribution >= 0.6 is 0 Å². The number of nitrogens with one attached hydrogen (secondary N) is 1. The topological polar surface area (TPSA) is 54.3 Å². The molecular weight excluding hydrogens is 285 g/mol. The van der Waals surface area contributed by atoms with E-state index in [4.69, 9.17) is 14.7 Å². The molecule has 0 aliphatic rings. The van der Waals surface area contributed by atoms with Crippen molar-refractivity contribution in [3.63, 3.8) is 0 Å². The number of rotatable bonds is 8. The summed E-state index contributed by atoms with van der Waals surface area (Å²) in [5.41, 5.74) is -0.504. The largest absolute Gasteiger partial charge is 0.416 e. The highest BCUT2D eigenvalue weighted by Gasteiger charge is 2.30. The molecule has 0 spiro atoms. The monoisotopic (exact) mass is 302 g/mol. The molecule has 0 saturated carbocycles. The minimum absolute atomic E-state index is 0.0378. The third-order valence-electron chi connectivity index (χ3n) is 2.67. The van der Waals surface area contributed by atoms with Gasteiger partial charge in [-0.2, -0.15) is 18.4 Å². The normalized spacial score (nSPS) is 11.2. The van der Waals surface area contributed by atoms with Crippen LogP contribution in [-0.4, -0.2) is 33.5 Å². The molecule has 0 atom stereocenters. The lowest BCUT2D eigenvalue weighted by Gasteiger charge is -2.11. The maximum absolute atomic E-state index is 12.5. The predicted octanol–water partition coefficient (Wildman–Crippen LogP) is 3.04. The van der Waals surface area contributed by atoms with E-state index in [9.17, 15) is 13.2 Å². The van der Waals surface area contributed by atoms with E-state index in [1.807, 2.05) is 0 Å². The SMILES string of the molecule is COCCCOCCNc1ccc(C(F)(F)F)cc1C#N. The number of hydrogen-bond donors (Lipinski definition) is 1. The Kier molecular flexibility index (Phi) is 6.99. The standard InChI is InChI=1S/C14H17F3N2O2/c1-20-6-2-7-21-8-5-19-13-4-3-12(14(15,16)17)9-11(13)10-18/h3-4,9,19H,2,5-8H2,1H3. The second-order valence-electron chi connectivity index (χ2n) is 4.26. The van der Waals surface area contributed by atoms with Crippen LogP contribution in [0.5, 0.6) is 0 Å². The molecule has 0 bridgehead atoms. The predicted molar refractivity (Wildman–Crippen MR) is 72.0 cm³/mol. The maximum atomic E-state index is 12.5. The number of anilines is 1. The van der Waals surface area contributed by atoms with Gasteiger partial charge in [0.15, 0.2) is 0 Å². The lowest BCUT2D eigenvalue weighted by atomic mass is 10.1. The molecule has 0 aromatic heterocycles. The Morgan fingerprint density at radius 3 is 2.62 bits per heavy atom. The lowest BCUT2D eigenvalue weighted by molar-refractivity contribution is -0.137. The van der Waals surface area contributed by atoms with Gasteiger partial charge in [0.1, 0.15) is 6.07 Å². The number of alkyl halides is 3. The highest BCUT2D eigenvalue weighted by atomic mass is 19.4. The van der Waals surface area contributed by atoms with E-state index in [0.717, 1.165) is 18.6 Å². The van der Waals surface area contributed by atoms with Gasteiger partial charge in [-0.05, 0) is 24.6 Å². The molecule has 0 saturated heterocycles. The molecule has 0 heterocycles. The summed E-state index contributed by atoms with van der Waals surface area (Å²) < 4.78 is 47.8. The van der Waals surface area contributed by atoms with E-state index in [1.54, 1.807) is 13.2 Å². The molecular formula is C14H17F3N2O2. The first kappa shape index (κ1) is 17.3. The Balaban J connectivity index is 2.47. The first-order chi connectivity index (χ1) is 9.99. The van der Waals surface area contributed by atoms with Crippen molar-refractivity contribution in [3.05, 3.63) is 29.3 Å². The highest BCUT2D eigenvalue weighted by Crippen LogP contribution is 2.31. The summed E-state index contributed by atoms with van der Waals surface area (Å²) in [7, 11) is 1.61. The Morgan fingerprint density at radius 2 is 2.00 bits per heavy atom. The number of halogens is 3. The van der Waals surface area contributed by atoms with Crippen LogP contribution in [0.25, 0.3) is 0 Å². The lowest BCUT2D eigenvalue weighted by Crippen LogP contribution is -2.12. The van der Waals surface area contributed by atoms with Crippen molar-refractivity contribution in [2.45, 2.75) is 12.6 Å². The van der Waals surface area contributed by atoms with Crippen molar-refractivity contribution in [2.24, 2.45) is 0 Å². The third kappa shape index (κ3) is 6.02. The number of ether oxygens (including phenoxy) is 2. The molecule has 1 aromatic rings. The first-order valence-corrected chi connectivity index (χ1v) is 6.41. The van der Waals surface area contributed by atoms with E-state index in [1.165, 1.54) is 6.07 Å². The summed E-state index contributed by atoms with van der Waals surface area (Å²) in [5.74, 6) is 0. The Labute approximate surface area is 121 Å². The van der Waals surface area contributed by atoms with E-state index < -0.39 is 11.7 Å². The quantitative estimate of drug-likeness (QED) is 0.750. The molecule has 7 heteroatoms. The van der Waals surface area contributed by atoms with Crippen LogP contribution in [0, 0.1) is 11.3 Å². The Morgan fingerprint density at radius 1 is 1.24 bits per heavy atom. The van der Waals surface area contributed by atoms with Gasteiger partial charge in [-0.25, -0.2) is 0 Å². The maximum Gasteiger partial charge on any atom is 0.416 e. The van der Waals surface area contributed by atoms with E-state index >= 15 is 0 Å². The average Bonchev–Trinajstić information content (AvgIpc) is 2.45. The molecule has 0 fully saturated rings. The molecule has 1 N–H and O–H groups in total. The van der Waals surface area contributed by atoms with Gasteiger partial charge in [-0.3, -0.25) is 0 Å². The van der Waals surface area contributed by atoms with Crippen molar-refractivity contribution >= 4 is 5.69 Å². The Bertz CT molecular complexity index is 484. The van der Waals surface area contributed by atoms with Gasteiger partial charge < -0.3 is 14.8 Å². The smallest absolute Gasteiger partial charge is 0.385 e. The average molecular weight is 302 g/mol. The second-order valence-corrected chi connectivity index (χ2v) is 4.26. The summed E-state index contributed by atoms with van der Waals surface area (Å²) in [4.78, 5) is 0. The number of methoxy groups -OCH3 is 1. The molecule has 0 radical (unpaired) electrons. The molecule has 116 valence electrons. The van der Waals surface area contributed by atoms with Gasteiger partial charge in [0.2, 0.25) is 0 Å². The summed E-state index contributed by atoms with van der Waals surface area (Å²) in [5, 5.41) is 11.8. The van der Waals surface area contributed by atoms with Crippen LogP contribution in [-0.2, 0) is 15.7 Å². The van der Waals surface area contributed by atoms with Crippen LogP contribution < -0.4 is 5.32 Å². The van der Waals surface area contributed by atoms with Gasteiger partial charge in [-0.15, -0.1) is 0 Å². The molecule has 1 rings (SSSR count). The number of hydrogen-bond acceptors (Lipinski definition) is 4. The molecule has 0 amide bonds. The third-order valence-corrected chi connectivity index (χ3v) is 2.67. The Hall–Kier alpha value is -1.78. The number of nitriles is 1. The fourth-order valence-electron chi connectivity index (χ4n) is 1.63. The van der Waals surface area contributed by atoms with Crippen molar-refractivity contribution in [2.75, 3.05) is 38.8 Å². The fraction of sp³-hybridized carbons (Fsp3) is 0.500. The summed E-state index contributed by atoms with van der Waals surface area (Å²) >= 11 is 0. The molecule has 0 aliphatic heterocycles. The molecule has 0 unspecified atom stereocenters. The zero-order valence-electron chi connectivity index (χ0n) is 11.7. The fourth-order valence-corrected chi connectivity index (χ4v) is 1.63. The van der Waals surface area contributed by atoms with E-state index in [-0.39, 0.29) is 5.56 Å². The zero-order valence-corrected chi connectivity index (χ0v) is 11.7. The molecule has 0 aliphatic carbocycles. The minimum atomic E-state index is -4.45. The number of benzene rings is 1. The molecule has 1 aromatic carbocycles. The van der Waals surface area contributed by atoms with Crippen LogP contribution in [0.3, 0.4) is 0 Å². The van der Waals surface area contributed by atoms with Crippen LogP contribution in [0.1, 0.15) is 17.5 Å². The number of nitrogens with zero attached hydrogens (tertiary/aromatic N) is 1. The zero-order chi connectivity index (χ0) is 15.7. The van der Waals surface area contributed by atoms with Crippen molar-refractivity contribution < 1.29 is 22.6 Å².